The quantitative estimate of drug-likeness (QED) is 0.427. The van der Waals surface area contributed by atoms with E-state index in [1.165, 1.54) is 17.7 Å². The largest absolute Gasteiger partial charge is 0.516 e. The number of nitrogens with one attached hydrogen (secondary N) is 1. The highest BCUT2D eigenvalue weighted by Crippen LogP contribution is 2.29. The van der Waals surface area contributed by atoms with Crippen molar-refractivity contribution in [3.05, 3.63) is 58.6 Å². The molecule has 1 N–H and O–H groups in total. The van der Waals surface area contributed by atoms with Crippen molar-refractivity contribution in [2.45, 2.75) is 12.4 Å². The first-order valence-electron chi connectivity index (χ1n) is 6.96. The van der Waals surface area contributed by atoms with E-state index in [0.29, 0.717) is 6.07 Å². The van der Waals surface area contributed by atoms with Gasteiger partial charge in [0.25, 0.3) is 0 Å². The molecule has 5 nitrogen and oxygen atoms in total. The van der Waals surface area contributed by atoms with Gasteiger partial charge in [-0.3, -0.25) is 4.72 Å². The van der Waals surface area contributed by atoms with Gasteiger partial charge in [0.15, 0.2) is 17.4 Å². The number of halogens is 6. The van der Waals surface area contributed by atoms with Crippen LogP contribution in [0.4, 0.5) is 27.6 Å². The third kappa shape index (κ3) is 5.07. The first-order chi connectivity index (χ1) is 12.4. The molecule has 0 fully saturated rings. The highest BCUT2D eigenvalue weighted by atomic mass is 35.5. The highest BCUT2D eigenvalue weighted by Gasteiger charge is 2.46. The van der Waals surface area contributed by atoms with Crippen LogP contribution in [0.3, 0.4) is 0 Å². The fourth-order valence-electron chi connectivity index (χ4n) is 1.81. The molecule has 0 amide bonds. The monoisotopic (exact) mass is 428 g/mol. The van der Waals surface area contributed by atoms with Crippen LogP contribution < -0.4 is 9.56 Å². The lowest BCUT2D eigenvalue weighted by Crippen LogP contribution is -2.30. The normalized spacial score (nSPS) is 12.8. The summed E-state index contributed by atoms with van der Waals surface area (Å²) < 4.78 is 87.8. The molecule has 0 bridgehead atoms. The average molecular weight is 429 g/mol. The molecular weight excluding hydrogens is 419 g/mol. The lowest BCUT2D eigenvalue weighted by Gasteiger charge is -2.14. The zero-order chi connectivity index (χ0) is 20.4. The van der Waals surface area contributed by atoms with Gasteiger partial charge in [0.05, 0.1) is 11.4 Å². The summed E-state index contributed by atoms with van der Waals surface area (Å²) in [5.41, 5.74) is -6.18. The second kappa shape index (κ2) is 7.69. The van der Waals surface area contributed by atoms with Gasteiger partial charge in [0.1, 0.15) is 0 Å². The van der Waals surface area contributed by atoms with Crippen molar-refractivity contribution in [1.29, 1.82) is 0 Å². The van der Waals surface area contributed by atoms with Gasteiger partial charge < -0.3 is 4.84 Å². The molecule has 0 aliphatic carbocycles. The van der Waals surface area contributed by atoms with Crippen molar-refractivity contribution in [2.75, 3.05) is 4.72 Å². The molecule has 0 aliphatic heterocycles. The number of hydrogen-bond donors (Lipinski definition) is 1. The van der Waals surface area contributed by atoms with Crippen LogP contribution in [0.15, 0.2) is 41.6 Å². The highest BCUT2D eigenvalue weighted by molar-refractivity contribution is 7.93. The molecule has 27 heavy (non-hydrogen) atoms. The maximum atomic E-state index is 13.1. The number of alkyl halides is 3. The molecule has 146 valence electrons. The van der Waals surface area contributed by atoms with E-state index in [1.54, 1.807) is 0 Å². The van der Waals surface area contributed by atoms with Gasteiger partial charge in [-0.25, -0.2) is 8.78 Å². The van der Waals surface area contributed by atoms with Gasteiger partial charge >= 0.3 is 15.5 Å². The van der Waals surface area contributed by atoms with Gasteiger partial charge in [0.2, 0.25) is 0 Å². The number of anilines is 1. The molecule has 0 aromatic heterocycles. The summed E-state index contributed by atoms with van der Waals surface area (Å²) in [6.07, 6.45) is 0. The molecule has 0 aliphatic rings. The van der Waals surface area contributed by atoms with E-state index in [1.807, 2.05) is 0 Å². The zero-order valence-electron chi connectivity index (χ0n) is 13.3. The molecular formula is C15H10ClF5N2O3S. The molecule has 0 unspecified atom stereocenters. The lowest BCUT2D eigenvalue weighted by atomic mass is 10.1. The lowest BCUT2D eigenvalue weighted by molar-refractivity contribution is -0.0429. The summed E-state index contributed by atoms with van der Waals surface area (Å²) in [5, 5.41) is 3.67. The second-order valence-electron chi connectivity index (χ2n) is 5.09. The summed E-state index contributed by atoms with van der Waals surface area (Å²) in [4.78, 5) is 4.89. The van der Waals surface area contributed by atoms with Crippen LogP contribution in [-0.2, 0) is 10.0 Å². The summed E-state index contributed by atoms with van der Waals surface area (Å²) in [5.74, 6) is -2.49. The standard InChI is InChI=1S/C15H10ClF5N2O3S/c1-8(22-26-10-3-4-12(17)13(18)7-10)11-6-9(16)2-5-14(11)23-27(24,25)15(19,20)21/h2-7,23H,1H3/b22-8+. The maximum absolute atomic E-state index is 13.1. The van der Waals surface area contributed by atoms with Crippen molar-refractivity contribution in [3.8, 4) is 5.75 Å². The van der Waals surface area contributed by atoms with Crippen LogP contribution in [0.1, 0.15) is 12.5 Å². The Hall–Kier alpha value is -2.40. The molecule has 0 saturated heterocycles. The van der Waals surface area contributed by atoms with Crippen LogP contribution in [-0.4, -0.2) is 19.6 Å². The molecule has 12 heteroatoms. The molecule has 0 saturated carbocycles. The SMILES string of the molecule is C/C(=N\Oc1ccc(F)c(F)c1)c1cc(Cl)ccc1NS(=O)(=O)C(F)(F)F. The summed E-state index contributed by atoms with van der Waals surface area (Å²) >= 11 is 5.79. The zero-order valence-corrected chi connectivity index (χ0v) is 14.9. The number of benzene rings is 2. The van der Waals surface area contributed by atoms with Gasteiger partial charge in [0, 0.05) is 16.7 Å². The molecule has 0 radical (unpaired) electrons. The minimum absolute atomic E-state index is 0.0814. The fourth-order valence-corrected chi connectivity index (χ4v) is 2.57. The van der Waals surface area contributed by atoms with Crippen molar-refractivity contribution < 1.29 is 35.2 Å². The molecule has 0 atom stereocenters. The fraction of sp³-hybridized carbons (Fsp3) is 0.133. The predicted octanol–water partition coefficient (Wildman–Crippen LogP) is 4.68. The Morgan fingerprint density at radius 3 is 2.37 bits per heavy atom. The number of oxime groups is 1. The second-order valence-corrected chi connectivity index (χ2v) is 7.20. The van der Waals surface area contributed by atoms with E-state index in [4.69, 9.17) is 16.4 Å². The van der Waals surface area contributed by atoms with E-state index < -0.39 is 32.9 Å². The van der Waals surface area contributed by atoms with Crippen molar-refractivity contribution in [1.82, 2.24) is 0 Å². The van der Waals surface area contributed by atoms with Crippen LogP contribution in [0, 0.1) is 11.6 Å². The van der Waals surface area contributed by atoms with Crippen molar-refractivity contribution >= 4 is 33.0 Å². The van der Waals surface area contributed by atoms with E-state index in [-0.39, 0.29) is 22.0 Å². The molecule has 2 aromatic rings. The van der Waals surface area contributed by atoms with E-state index in [2.05, 4.69) is 5.16 Å². The summed E-state index contributed by atoms with van der Waals surface area (Å²) in [6, 6.07) is 5.90. The van der Waals surface area contributed by atoms with Crippen LogP contribution in [0.2, 0.25) is 5.02 Å². The minimum atomic E-state index is -5.68. The van der Waals surface area contributed by atoms with E-state index in [9.17, 15) is 30.4 Å². The van der Waals surface area contributed by atoms with Gasteiger partial charge in [-0.15, -0.1) is 0 Å². The van der Waals surface area contributed by atoms with Crippen LogP contribution >= 0.6 is 11.6 Å². The molecule has 0 spiro atoms. The van der Waals surface area contributed by atoms with Gasteiger partial charge in [-0.2, -0.15) is 21.6 Å². The maximum Gasteiger partial charge on any atom is 0.516 e. The molecule has 2 rings (SSSR count). The first kappa shape index (κ1) is 20.9. The average Bonchev–Trinajstić information content (AvgIpc) is 2.56. The minimum Gasteiger partial charge on any atom is -0.357 e. The third-order valence-corrected chi connectivity index (χ3v) is 4.43. The van der Waals surface area contributed by atoms with Crippen LogP contribution in [0.5, 0.6) is 5.75 Å². The summed E-state index contributed by atoms with van der Waals surface area (Å²) in [6.45, 7) is 1.29. The first-order valence-corrected chi connectivity index (χ1v) is 8.82. The Morgan fingerprint density at radius 2 is 1.78 bits per heavy atom. The predicted molar refractivity (Wildman–Crippen MR) is 89.2 cm³/mol. The molecule has 0 heterocycles. The Morgan fingerprint density at radius 1 is 1.11 bits per heavy atom. The van der Waals surface area contributed by atoms with Crippen LogP contribution in [0.25, 0.3) is 0 Å². The van der Waals surface area contributed by atoms with Crippen molar-refractivity contribution in [2.24, 2.45) is 5.16 Å². The van der Waals surface area contributed by atoms with Gasteiger partial charge in [-0.1, -0.05) is 16.8 Å². The number of rotatable bonds is 5. The third-order valence-electron chi connectivity index (χ3n) is 3.10. The number of sulfonamides is 1. The number of hydrogen-bond acceptors (Lipinski definition) is 4. The Balaban J connectivity index is 2.36. The smallest absolute Gasteiger partial charge is 0.357 e. The Bertz CT molecular complexity index is 993. The van der Waals surface area contributed by atoms with E-state index in [0.717, 1.165) is 24.3 Å². The van der Waals surface area contributed by atoms with Crippen molar-refractivity contribution in [3.63, 3.8) is 0 Å². The topological polar surface area (TPSA) is 67.8 Å². The molecule has 2 aromatic carbocycles. The Labute approximate surface area is 155 Å². The summed E-state index contributed by atoms with van der Waals surface area (Å²) in [7, 11) is -5.68. The van der Waals surface area contributed by atoms with E-state index >= 15 is 0 Å². The van der Waals surface area contributed by atoms with Gasteiger partial charge in [-0.05, 0) is 37.3 Å². The Kier molecular flexibility index (Phi) is 5.95. The number of nitrogens with zero attached hydrogens (tertiary/aromatic N) is 1.